The first-order chi connectivity index (χ1) is 12.1. The van der Waals surface area contributed by atoms with Crippen molar-refractivity contribution in [2.75, 3.05) is 0 Å². The summed E-state index contributed by atoms with van der Waals surface area (Å²) in [4.78, 5) is 0. The second kappa shape index (κ2) is 7.20. The monoisotopic (exact) mass is 448 g/mol. The fourth-order valence-corrected chi connectivity index (χ4v) is 3.81. The molecule has 0 bridgehead atoms. The zero-order chi connectivity index (χ0) is 19.2. The van der Waals surface area contributed by atoms with Gasteiger partial charge >= 0.3 is 0 Å². The van der Waals surface area contributed by atoms with Crippen LogP contribution in [0, 0.1) is 5.82 Å². The number of rotatable bonds is 4. The Balaban J connectivity index is 2.21. The Morgan fingerprint density at radius 1 is 1.35 bits per heavy atom. The Morgan fingerprint density at radius 2 is 2.00 bits per heavy atom. The van der Waals surface area contributed by atoms with Crippen LogP contribution < -0.4 is 0 Å². The van der Waals surface area contributed by atoms with Crippen molar-refractivity contribution < 1.29 is 17.7 Å². The van der Waals surface area contributed by atoms with Crippen molar-refractivity contribution in [1.82, 2.24) is 4.57 Å². The maximum Gasteiger partial charge on any atom is 0.285 e. The first-order valence-electron chi connectivity index (χ1n) is 8.38. The highest BCUT2D eigenvalue weighted by Crippen LogP contribution is 2.38. The summed E-state index contributed by atoms with van der Waals surface area (Å²) in [5.41, 5.74) is 0.266. The van der Waals surface area contributed by atoms with E-state index in [1.807, 2.05) is 4.57 Å². The molecule has 0 aliphatic heterocycles. The van der Waals surface area contributed by atoms with Crippen molar-refractivity contribution >= 4 is 43.9 Å². The highest BCUT2D eigenvalue weighted by molar-refractivity contribution is 9.10. The van der Waals surface area contributed by atoms with E-state index in [0.29, 0.717) is 10.9 Å². The van der Waals surface area contributed by atoms with Gasteiger partial charge in [-0.15, -0.1) is 0 Å². The van der Waals surface area contributed by atoms with Gasteiger partial charge in [0.25, 0.3) is 6.43 Å². The molecule has 1 aliphatic rings. The van der Waals surface area contributed by atoms with Crippen LogP contribution in [0.4, 0.5) is 13.2 Å². The third-order valence-electron chi connectivity index (χ3n) is 4.53. The molecule has 0 radical (unpaired) electrons. The lowest BCUT2D eigenvalue weighted by Gasteiger charge is -2.28. The second-order valence-electron chi connectivity index (χ2n) is 7.46. The average Bonchev–Trinajstić information content (AvgIpc) is 2.80. The minimum Gasteiger partial charge on any atom is -0.591 e. The predicted molar refractivity (Wildman–Crippen MR) is 103 cm³/mol. The molecule has 1 unspecified atom stereocenters. The maximum atomic E-state index is 14.1. The van der Waals surface area contributed by atoms with Gasteiger partial charge in [-0.2, -0.15) is 0 Å². The van der Waals surface area contributed by atoms with Crippen LogP contribution in [-0.4, -0.2) is 26.0 Å². The third-order valence-corrected chi connectivity index (χ3v) is 6.55. The van der Waals surface area contributed by atoms with E-state index in [-0.39, 0.29) is 16.1 Å². The number of fused-ring (bicyclic) bond motifs is 1. The highest BCUT2D eigenvalue weighted by atomic mass is 79.9. The van der Waals surface area contributed by atoms with Crippen molar-refractivity contribution in [3.05, 3.63) is 34.2 Å². The zero-order valence-electron chi connectivity index (χ0n) is 14.7. The van der Waals surface area contributed by atoms with Crippen LogP contribution in [0.2, 0.25) is 0 Å². The number of hydrogen-bond acceptors (Lipinski definition) is 2. The summed E-state index contributed by atoms with van der Waals surface area (Å²) < 4.78 is 59.2. The number of alkyl halides is 2. The molecule has 3 rings (SSSR count). The largest absolute Gasteiger partial charge is 0.591 e. The van der Waals surface area contributed by atoms with Crippen molar-refractivity contribution in [1.29, 1.82) is 0 Å². The molecule has 1 aromatic carbocycles. The van der Waals surface area contributed by atoms with E-state index in [4.69, 9.17) is 0 Å². The molecule has 1 aromatic heterocycles. The van der Waals surface area contributed by atoms with Crippen LogP contribution in [0.5, 0.6) is 0 Å². The summed E-state index contributed by atoms with van der Waals surface area (Å²) in [6.07, 6.45) is 1.67. The second-order valence-corrected chi connectivity index (χ2v) is 10.2. The molecule has 0 spiro atoms. The van der Waals surface area contributed by atoms with Gasteiger partial charge in [-0.1, -0.05) is 4.40 Å². The van der Waals surface area contributed by atoms with Crippen molar-refractivity contribution in [3.63, 3.8) is 0 Å². The van der Waals surface area contributed by atoms with Crippen LogP contribution in [0.1, 0.15) is 51.6 Å². The number of halogens is 4. The Labute approximate surface area is 162 Å². The molecule has 142 valence electrons. The van der Waals surface area contributed by atoms with Gasteiger partial charge in [0.15, 0.2) is 5.71 Å². The molecular weight excluding hydrogens is 429 g/mol. The van der Waals surface area contributed by atoms with Crippen molar-refractivity contribution in [3.8, 4) is 0 Å². The van der Waals surface area contributed by atoms with E-state index in [2.05, 4.69) is 20.3 Å². The highest BCUT2D eigenvalue weighted by Gasteiger charge is 2.32. The lowest BCUT2D eigenvalue weighted by Crippen LogP contribution is -2.28. The van der Waals surface area contributed by atoms with Gasteiger partial charge in [0, 0.05) is 23.2 Å². The van der Waals surface area contributed by atoms with E-state index in [1.165, 1.54) is 6.07 Å². The van der Waals surface area contributed by atoms with Crippen LogP contribution in [0.15, 0.2) is 27.2 Å². The SMILES string of the molecule is CC(C)(C)[S+]([O-])N=C(c1cn(C2CCC2)c2cc(Br)c(F)cc12)C(F)F. The number of nitrogens with zero attached hydrogens (tertiary/aromatic N) is 2. The topological polar surface area (TPSA) is 40.4 Å². The normalized spacial score (nSPS) is 17.8. The molecule has 3 nitrogen and oxygen atoms in total. The predicted octanol–water partition coefficient (Wildman–Crippen LogP) is 5.78. The van der Waals surface area contributed by atoms with Crippen LogP contribution in [0.3, 0.4) is 0 Å². The molecule has 0 amide bonds. The van der Waals surface area contributed by atoms with Gasteiger partial charge in [0.1, 0.15) is 21.9 Å². The van der Waals surface area contributed by atoms with E-state index >= 15 is 0 Å². The number of benzene rings is 1. The molecular formula is C18H20BrF3N2OS. The van der Waals surface area contributed by atoms with Gasteiger partial charge < -0.3 is 9.12 Å². The molecule has 8 heteroatoms. The molecule has 0 saturated heterocycles. The number of hydrogen-bond donors (Lipinski definition) is 0. The van der Waals surface area contributed by atoms with E-state index < -0.39 is 34.1 Å². The average molecular weight is 449 g/mol. The van der Waals surface area contributed by atoms with Gasteiger partial charge in [-0.25, -0.2) is 13.2 Å². The van der Waals surface area contributed by atoms with Gasteiger partial charge in [0.05, 0.1) is 9.99 Å². The summed E-state index contributed by atoms with van der Waals surface area (Å²) in [5.74, 6) is -0.532. The summed E-state index contributed by atoms with van der Waals surface area (Å²) in [7, 11) is 0. The Hall–Kier alpha value is -0.990. The minimum absolute atomic E-state index is 0.144. The smallest absolute Gasteiger partial charge is 0.285 e. The van der Waals surface area contributed by atoms with Gasteiger partial charge in [0.2, 0.25) is 0 Å². The number of aromatic nitrogens is 1. The van der Waals surface area contributed by atoms with E-state index in [9.17, 15) is 17.7 Å². The fraction of sp³-hybridized carbons (Fsp3) is 0.500. The summed E-state index contributed by atoms with van der Waals surface area (Å²) in [6.45, 7) is 5.01. The zero-order valence-corrected chi connectivity index (χ0v) is 17.1. The van der Waals surface area contributed by atoms with Gasteiger partial charge in [-0.3, -0.25) is 0 Å². The van der Waals surface area contributed by atoms with Gasteiger partial charge in [-0.05, 0) is 68.1 Å². The van der Waals surface area contributed by atoms with Crippen molar-refractivity contribution in [2.24, 2.45) is 4.40 Å². The van der Waals surface area contributed by atoms with E-state index in [1.54, 1.807) is 33.0 Å². The molecule has 0 N–H and O–H groups in total. The maximum absolute atomic E-state index is 14.1. The molecule has 1 saturated carbocycles. The van der Waals surface area contributed by atoms with Crippen LogP contribution in [0.25, 0.3) is 10.9 Å². The van der Waals surface area contributed by atoms with E-state index in [0.717, 1.165) is 19.3 Å². The minimum atomic E-state index is -2.91. The first kappa shape index (κ1) is 19.8. The quantitative estimate of drug-likeness (QED) is 0.431. The fourth-order valence-electron chi connectivity index (χ4n) is 2.85. The Morgan fingerprint density at radius 3 is 2.50 bits per heavy atom. The van der Waals surface area contributed by atoms with Crippen LogP contribution >= 0.6 is 15.9 Å². The molecule has 1 atom stereocenters. The molecule has 1 heterocycles. The molecule has 1 aliphatic carbocycles. The molecule has 2 aromatic rings. The Bertz CT molecular complexity index is 856. The standard InChI is InChI=1S/C18H20BrF3N2OS/c1-18(2,3)26(25)23-16(17(21)22)12-9-24(10-5-4-6-10)15-8-13(19)14(20)7-11(12)15/h7-10,17H,4-6H2,1-3H3. The lowest BCUT2D eigenvalue weighted by atomic mass is 9.93. The molecule has 26 heavy (non-hydrogen) atoms. The molecule has 1 fully saturated rings. The summed E-state index contributed by atoms with van der Waals surface area (Å²) in [5, 5.41) is 0.363. The first-order valence-corrected chi connectivity index (χ1v) is 10.3. The lowest BCUT2D eigenvalue weighted by molar-refractivity contribution is 0.226. The summed E-state index contributed by atoms with van der Waals surface area (Å²) in [6, 6.07) is 3.05. The van der Waals surface area contributed by atoms with Crippen molar-refractivity contribution in [2.45, 2.75) is 57.2 Å². The van der Waals surface area contributed by atoms with Crippen LogP contribution in [-0.2, 0) is 11.4 Å². The summed E-state index contributed by atoms with van der Waals surface area (Å²) >= 11 is 1.33. The third kappa shape index (κ3) is 3.68. The Kier molecular flexibility index (Phi) is 5.48.